The van der Waals surface area contributed by atoms with Crippen molar-refractivity contribution in [2.75, 3.05) is 6.54 Å². The zero-order valence-electron chi connectivity index (χ0n) is 10.6. The van der Waals surface area contributed by atoms with Crippen LogP contribution >= 0.6 is 12.2 Å². The van der Waals surface area contributed by atoms with Gasteiger partial charge in [-0.1, -0.05) is 13.8 Å². The Morgan fingerprint density at radius 2 is 2.24 bits per heavy atom. The largest absolute Gasteiger partial charge is 0.354 e. The lowest BCUT2D eigenvalue weighted by atomic mass is 10.2. The van der Waals surface area contributed by atoms with E-state index >= 15 is 0 Å². The van der Waals surface area contributed by atoms with E-state index in [-0.39, 0.29) is 11.9 Å². The second-order valence-electron chi connectivity index (χ2n) is 4.03. The first-order valence-electron chi connectivity index (χ1n) is 6.05. The van der Waals surface area contributed by atoms with E-state index in [2.05, 4.69) is 22.4 Å². The zero-order valence-corrected chi connectivity index (χ0v) is 11.4. The number of nitrogens with one attached hydrogen (secondary N) is 2. The number of rotatable bonds is 6. The molecule has 0 aromatic carbocycles. The summed E-state index contributed by atoms with van der Waals surface area (Å²) < 4.78 is 2.30. The first kappa shape index (κ1) is 13.9. The first-order chi connectivity index (χ1) is 8.11. The van der Waals surface area contributed by atoms with Crippen molar-refractivity contribution >= 4 is 18.1 Å². The molecule has 0 spiro atoms. The minimum Gasteiger partial charge on any atom is -0.354 e. The smallest absolute Gasteiger partial charge is 0.242 e. The zero-order chi connectivity index (χ0) is 12.8. The highest BCUT2D eigenvalue weighted by Crippen LogP contribution is 2.11. The molecule has 0 fully saturated rings. The van der Waals surface area contributed by atoms with Gasteiger partial charge in [-0.05, 0) is 32.0 Å². The summed E-state index contributed by atoms with van der Waals surface area (Å²) in [5, 5.41) is 9.77. The summed E-state index contributed by atoms with van der Waals surface area (Å²) in [5.74, 6) is 0.832. The van der Waals surface area contributed by atoms with Gasteiger partial charge in [-0.2, -0.15) is 5.10 Å². The Kier molecular flexibility index (Phi) is 5.34. The van der Waals surface area contributed by atoms with Crippen LogP contribution in [-0.2, 0) is 11.2 Å². The number of carbonyl (C=O) groups excluding carboxylic acids is 1. The van der Waals surface area contributed by atoms with Gasteiger partial charge in [0.25, 0.3) is 0 Å². The normalized spacial score (nSPS) is 12.4. The molecular weight excluding hydrogens is 236 g/mol. The average Bonchev–Trinajstić information content (AvgIpc) is 2.67. The third-order valence-electron chi connectivity index (χ3n) is 2.57. The number of hydrogen-bond donors (Lipinski definition) is 2. The molecule has 0 saturated heterocycles. The summed E-state index contributed by atoms with van der Waals surface area (Å²) in [6.45, 7) is 6.63. The molecular formula is C11H20N4OS. The van der Waals surface area contributed by atoms with Crippen LogP contribution in [0.1, 0.15) is 45.5 Å². The number of carbonyl (C=O) groups is 1. The van der Waals surface area contributed by atoms with Crippen molar-refractivity contribution in [3.8, 4) is 0 Å². The van der Waals surface area contributed by atoms with Gasteiger partial charge in [0.05, 0.1) is 0 Å². The van der Waals surface area contributed by atoms with Gasteiger partial charge in [-0.25, -0.2) is 0 Å². The van der Waals surface area contributed by atoms with Crippen LogP contribution in [0.15, 0.2) is 0 Å². The molecule has 0 aliphatic heterocycles. The highest BCUT2D eigenvalue weighted by Gasteiger charge is 2.18. The monoisotopic (exact) mass is 256 g/mol. The van der Waals surface area contributed by atoms with Crippen molar-refractivity contribution < 1.29 is 4.79 Å². The summed E-state index contributed by atoms with van der Waals surface area (Å²) in [6.07, 6.45) is 2.72. The Balaban J connectivity index is 2.86. The van der Waals surface area contributed by atoms with E-state index in [1.807, 2.05) is 13.8 Å². The van der Waals surface area contributed by atoms with Gasteiger partial charge in [0.15, 0.2) is 4.77 Å². The standard InChI is InChI=1S/C11H20N4OS/c1-4-6-9-13-14-11(17)15(9)8(3)10(16)12-7-5-2/h8H,4-7H2,1-3H3,(H,12,16)(H,14,17). The molecule has 1 rings (SSSR count). The third kappa shape index (κ3) is 3.39. The highest BCUT2D eigenvalue weighted by molar-refractivity contribution is 7.71. The molecule has 1 aromatic rings. The van der Waals surface area contributed by atoms with Gasteiger partial charge in [-0.15, -0.1) is 0 Å². The van der Waals surface area contributed by atoms with Gasteiger partial charge in [-0.3, -0.25) is 14.5 Å². The van der Waals surface area contributed by atoms with Crippen LogP contribution in [0.3, 0.4) is 0 Å². The Labute approximate surface area is 107 Å². The molecule has 5 nitrogen and oxygen atoms in total. The van der Waals surface area contributed by atoms with E-state index < -0.39 is 0 Å². The lowest BCUT2D eigenvalue weighted by Crippen LogP contribution is -2.32. The fourth-order valence-corrected chi connectivity index (χ4v) is 1.96. The maximum atomic E-state index is 11.9. The SMILES string of the molecule is CCCNC(=O)C(C)n1c(CCC)n[nH]c1=S. The van der Waals surface area contributed by atoms with E-state index in [1.165, 1.54) is 0 Å². The van der Waals surface area contributed by atoms with Crippen LogP contribution in [0.25, 0.3) is 0 Å². The number of nitrogens with zero attached hydrogens (tertiary/aromatic N) is 2. The van der Waals surface area contributed by atoms with Crippen LogP contribution in [0.5, 0.6) is 0 Å². The van der Waals surface area contributed by atoms with Gasteiger partial charge in [0.2, 0.25) is 5.91 Å². The molecule has 1 unspecified atom stereocenters. The first-order valence-corrected chi connectivity index (χ1v) is 6.46. The quantitative estimate of drug-likeness (QED) is 0.765. The van der Waals surface area contributed by atoms with Crippen molar-refractivity contribution in [3.63, 3.8) is 0 Å². The molecule has 1 aromatic heterocycles. The van der Waals surface area contributed by atoms with Crippen LogP contribution in [-0.4, -0.2) is 27.2 Å². The fraction of sp³-hybridized carbons (Fsp3) is 0.727. The Bertz CT molecular complexity index is 423. The number of aromatic nitrogens is 3. The molecule has 17 heavy (non-hydrogen) atoms. The van der Waals surface area contributed by atoms with Crippen molar-refractivity contribution in [2.45, 2.75) is 46.1 Å². The minimum absolute atomic E-state index is 0.0123. The molecule has 1 heterocycles. The second-order valence-corrected chi connectivity index (χ2v) is 4.42. The van der Waals surface area contributed by atoms with Gasteiger partial charge in [0, 0.05) is 13.0 Å². The summed E-state index contributed by atoms with van der Waals surface area (Å²) in [6, 6.07) is -0.311. The number of aromatic amines is 1. The Hall–Kier alpha value is -1.17. The number of aryl methyl sites for hydroxylation is 1. The van der Waals surface area contributed by atoms with Gasteiger partial charge >= 0.3 is 0 Å². The lowest BCUT2D eigenvalue weighted by Gasteiger charge is -2.15. The van der Waals surface area contributed by atoms with Crippen LogP contribution in [0, 0.1) is 4.77 Å². The van der Waals surface area contributed by atoms with Crippen LogP contribution in [0.4, 0.5) is 0 Å². The summed E-state index contributed by atoms with van der Waals surface area (Å²) in [4.78, 5) is 11.9. The van der Waals surface area contributed by atoms with E-state index in [9.17, 15) is 4.79 Å². The molecule has 0 radical (unpaired) electrons. The van der Waals surface area contributed by atoms with E-state index in [1.54, 1.807) is 4.57 Å². The molecule has 0 aliphatic carbocycles. The molecule has 1 amide bonds. The minimum atomic E-state index is -0.311. The molecule has 2 N–H and O–H groups in total. The predicted molar refractivity (Wildman–Crippen MR) is 69.4 cm³/mol. The predicted octanol–water partition coefficient (Wildman–Crippen LogP) is 1.98. The van der Waals surface area contributed by atoms with E-state index in [4.69, 9.17) is 12.2 Å². The Morgan fingerprint density at radius 3 is 2.82 bits per heavy atom. The molecule has 0 saturated carbocycles. The van der Waals surface area contributed by atoms with Gasteiger partial charge < -0.3 is 5.32 Å². The maximum Gasteiger partial charge on any atom is 0.242 e. The van der Waals surface area contributed by atoms with Crippen molar-refractivity contribution in [2.24, 2.45) is 0 Å². The number of H-pyrrole nitrogens is 1. The van der Waals surface area contributed by atoms with Crippen LogP contribution in [0.2, 0.25) is 0 Å². The van der Waals surface area contributed by atoms with Crippen LogP contribution < -0.4 is 5.32 Å². The topological polar surface area (TPSA) is 62.7 Å². The van der Waals surface area contributed by atoms with Crippen molar-refractivity contribution in [3.05, 3.63) is 10.6 Å². The van der Waals surface area contributed by atoms with Crippen molar-refractivity contribution in [1.29, 1.82) is 0 Å². The summed E-state index contributed by atoms with van der Waals surface area (Å²) in [7, 11) is 0. The number of amides is 1. The lowest BCUT2D eigenvalue weighted by molar-refractivity contribution is -0.123. The molecule has 0 bridgehead atoms. The fourth-order valence-electron chi connectivity index (χ4n) is 1.65. The van der Waals surface area contributed by atoms with Crippen molar-refractivity contribution in [1.82, 2.24) is 20.1 Å². The van der Waals surface area contributed by atoms with E-state index in [0.717, 1.165) is 25.1 Å². The highest BCUT2D eigenvalue weighted by atomic mass is 32.1. The molecule has 6 heteroatoms. The number of hydrogen-bond acceptors (Lipinski definition) is 3. The summed E-state index contributed by atoms with van der Waals surface area (Å²) in [5.41, 5.74) is 0. The summed E-state index contributed by atoms with van der Waals surface area (Å²) >= 11 is 5.16. The average molecular weight is 256 g/mol. The molecule has 96 valence electrons. The maximum absolute atomic E-state index is 11.9. The molecule has 1 atom stereocenters. The van der Waals surface area contributed by atoms with Gasteiger partial charge in [0.1, 0.15) is 11.9 Å². The molecule has 0 aliphatic rings. The second kappa shape index (κ2) is 6.54. The third-order valence-corrected chi connectivity index (χ3v) is 2.86. The van der Waals surface area contributed by atoms with E-state index in [0.29, 0.717) is 11.3 Å². The Morgan fingerprint density at radius 1 is 1.53 bits per heavy atom.